The molecule has 0 bridgehead atoms. The Labute approximate surface area is 77.4 Å². The molecule has 0 unspecified atom stereocenters. The highest BCUT2D eigenvalue weighted by atomic mass is 14.8. The lowest BCUT2D eigenvalue weighted by Crippen LogP contribution is -2.06. The van der Waals surface area contributed by atoms with Crippen molar-refractivity contribution in [1.82, 2.24) is 4.98 Å². The van der Waals surface area contributed by atoms with Gasteiger partial charge in [0.25, 0.3) is 0 Å². The second-order valence-corrected chi connectivity index (χ2v) is 3.24. The van der Waals surface area contributed by atoms with Gasteiger partial charge >= 0.3 is 0 Å². The Morgan fingerprint density at radius 3 is 2.62 bits per heavy atom. The second-order valence-electron chi connectivity index (χ2n) is 3.24. The summed E-state index contributed by atoms with van der Waals surface area (Å²) < 4.78 is 0. The van der Waals surface area contributed by atoms with Gasteiger partial charge in [0.15, 0.2) is 0 Å². The highest BCUT2D eigenvalue weighted by molar-refractivity contribution is 5.81. The molecule has 1 heterocycles. The number of hydrogen-bond acceptors (Lipinski definition) is 2. The van der Waals surface area contributed by atoms with Gasteiger partial charge < -0.3 is 5.73 Å². The maximum Gasteiger partial charge on any atom is 0.0574 e. The van der Waals surface area contributed by atoms with Crippen molar-refractivity contribution in [2.45, 2.75) is 13.0 Å². The second kappa shape index (κ2) is 3.15. The minimum atomic E-state index is 0.00426. The predicted molar refractivity (Wildman–Crippen MR) is 54.3 cm³/mol. The van der Waals surface area contributed by atoms with Crippen LogP contribution in [0.3, 0.4) is 0 Å². The maximum atomic E-state index is 5.74. The molecule has 0 spiro atoms. The van der Waals surface area contributed by atoms with Crippen LogP contribution in [0.5, 0.6) is 0 Å². The lowest BCUT2D eigenvalue weighted by atomic mass is 10.1. The number of hydrogen-bond donors (Lipinski definition) is 1. The third kappa shape index (κ3) is 1.53. The molecular formula is C11H12N2. The molecule has 0 aliphatic rings. The van der Waals surface area contributed by atoms with Gasteiger partial charge in [-0.2, -0.15) is 0 Å². The van der Waals surface area contributed by atoms with E-state index in [1.165, 1.54) is 5.39 Å². The summed E-state index contributed by atoms with van der Waals surface area (Å²) in [4.78, 5) is 4.28. The highest BCUT2D eigenvalue weighted by Crippen LogP contribution is 2.15. The van der Waals surface area contributed by atoms with Crippen LogP contribution in [0.4, 0.5) is 0 Å². The molecule has 1 atom stereocenters. The molecule has 2 N–H and O–H groups in total. The van der Waals surface area contributed by atoms with Gasteiger partial charge in [0, 0.05) is 17.6 Å². The van der Waals surface area contributed by atoms with Gasteiger partial charge in [-0.3, -0.25) is 4.98 Å². The Morgan fingerprint density at radius 2 is 1.92 bits per heavy atom. The molecule has 0 aliphatic heterocycles. The SMILES string of the molecule is C[C@H](N)c1cc2ccccc2cn1. The van der Waals surface area contributed by atoms with E-state index in [0.29, 0.717) is 0 Å². The zero-order chi connectivity index (χ0) is 9.26. The van der Waals surface area contributed by atoms with Crippen molar-refractivity contribution in [2.75, 3.05) is 0 Å². The van der Waals surface area contributed by atoms with E-state index < -0.39 is 0 Å². The number of rotatable bonds is 1. The molecule has 2 nitrogen and oxygen atoms in total. The fraction of sp³-hybridized carbons (Fsp3) is 0.182. The lowest BCUT2D eigenvalue weighted by molar-refractivity contribution is 0.784. The summed E-state index contributed by atoms with van der Waals surface area (Å²) in [5.41, 5.74) is 6.69. The summed E-state index contributed by atoms with van der Waals surface area (Å²) in [6, 6.07) is 10.2. The summed E-state index contributed by atoms with van der Waals surface area (Å²) in [5, 5.41) is 2.36. The van der Waals surface area contributed by atoms with Crippen LogP contribution in [0, 0.1) is 0 Å². The molecule has 2 aromatic rings. The van der Waals surface area contributed by atoms with E-state index in [4.69, 9.17) is 5.73 Å². The number of nitrogens with zero attached hydrogens (tertiary/aromatic N) is 1. The smallest absolute Gasteiger partial charge is 0.0574 e. The summed E-state index contributed by atoms with van der Waals surface area (Å²) >= 11 is 0. The first kappa shape index (κ1) is 8.20. The van der Waals surface area contributed by atoms with Crippen molar-refractivity contribution in [1.29, 1.82) is 0 Å². The van der Waals surface area contributed by atoms with Crippen molar-refractivity contribution < 1.29 is 0 Å². The van der Waals surface area contributed by atoms with Crippen molar-refractivity contribution in [2.24, 2.45) is 5.73 Å². The zero-order valence-electron chi connectivity index (χ0n) is 7.57. The fourth-order valence-corrected chi connectivity index (χ4v) is 1.35. The number of nitrogens with two attached hydrogens (primary N) is 1. The van der Waals surface area contributed by atoms with Crippen molar-refractivity contribution in [3.8, 4) is 0 Å². The minimum Gasteiger partial charge on any atom is -0.323 e. The molecule has 0 aliphatic carbocycles. The first-order valence-electron chi connectivity index (χ1n) is 4.37. The summed E-state index contributed by atoms with van der Waals surface area (Å²) in [6.07, 6.45) is 1.87. The molecule has 0 fully saturated rings. The third-order valence-electron chi connectivity index (χ3n) is 2.12. The maximum absolute atomic E-state index is 5.74. The van der Waals surface area contributed by atoms with Gasteiger partial charge in [-0.05, 0) is 18.4 Å². The van der Waals surface area contributed by atoms with Gasteiger partial charge in [-0.1, -0.05) is 24.3 Å². The van der Waals surface area contributed by atoms with Crippen LogP contribution < -0.4 is 5.73 Å². The third-order valence-corrected chi connectivity index (χ3v) is 2.12. The molecule has 0 saturated heterocycles. The highest BCUT2D eigenvalue weighted by Gasteiger charge is 2.01. The van der Waals surface area contributed by atoms with Crippen LogP contribution in [-0.4, -0.2) is 4.98 Å². The van der Waals surface area contributed by atoms with E-state index in [1.807, 2.05) is 37.4 Å². The molecule has 0 amide bonds. The fourth-order valence-electron chi connectivity index (χ4n) is 1.35. The number of benzene rings is 1. The molecule has 13 heavy (non-hydrogen) atoms. The largest absolute Gasteiger partial charge is 0.323 e. The number of fused-ring (bicyclic) bond motifs is 1. The minimum absolute atomic E-state index is 0.00426. The van der Waals surface area contributed by atoms with Gasteiger partial charge in [0.1, 0.15) is 0 Å². The first-order valence-corrected chi connectivity index (χ1v) is 4.37. The molecular weight excluding hydrogens is 160 g/mol. The van der Waals surface area contributed by atoms with Gasteiger partial charge in [0.2, 0.25) is 0 Å². The molecule has 2 heteroatoms. The van der Waals surface area contributed by atoms with Gasteiger partial charge in [-0.15, -0.1) is 0 Å². The topological polar surface area (TPSA) is 38.9 Å². The molecule has 1 aromatic heterocycles. The van der Waals surface area contributed by atoms with E-state index in [-0.39, 0.29) is 6.04 Å². The van der Waals surface area contributed by atoms with Crippen molar-refractivity contribution in [3.05, 3.63) is 42.2 Å². The summed E-state index contributed by atoms with van der Waals surface area (Å²) in [5.74, 6) is 0. The van der Waals surface area contributed by atoms with Crippen LogP contribution >= 0.6 is 0 Å². The van der Waals surface area contributed by atoms with Crippen LogP contribution in [0.1, 0.15) is 18.7 Å². The first-order chi connectivity index (χ1) is 6.27. The Kier molecular flexibility index (Phi) is 1.99. The average molecular weight is 172 g/mol. The average Bonchev–Trinajstić information content (AvgIpc) is 2.17. The predicted octanol–water partition coefficient (Wildman–Crippen LogP) is 2.25. The van der Waals surface area contributed by atoms with E-state index in [9.17, 15) is 0 Å². The number of aromatic nitrogens is 1. The lowest BCUT2D eigenvalue weighted by Gasteiger charge is -2.05. The van der Waals surface area contributed by atoms with E-state index in [0.717, 1.165) is 11.1 Å². The Morgan fingerprint density at radius 1 is 1.23 bits per heavy atom. The summed E-state index contributed by atoms with van der Waals surface area (Å²) in [7, 11) is 0. The van der Waals surface area contributed by atoms with Crippen LogP contribution in [-0.2, 0) is 0 Å². The number of pyridine rings is 1. The Hall–Kier alpha value is -1.41. The van der Waals surface area contributed by atoms with E-state index in [2.05, 4.69) is 11.1 Å². The van der Waals surface area contributed by atoms with Crippen LogP contribution in [0.15, 0.2) is 36.5 Å². The molecule has 2 rings (SSSR count). The normalized spacial score (nSPS) is 13.1. The molecule has 0 radical (unpaired) electrons. The molecule has 66 valence electrons. The van der Waals surface area contributed by atoms with Crippen LogP contribution in [0.25, 0.3) is 10.8 Å². The Balaban J connectivity index is 2.62. The Bertz CT molecular complexity index is 421. The van der Waals surface area contributed by atoms with Crippen LogP contribution in [0.2, 0.25) is 0 Å². The van der Waals surface area contributed by atoms with Crippen molar-refractivity contribution >= 4 is 10.8 Å². The molecule has 0 saturated carbocycles. The quantitative estimate of drug-likeness (QED) is 0.716. The molecule has 1 aromatic carbocycles. The van der Waals surface area contributed by atoms with E-state index >= 15 is 0 Å². The van der Waals surface area contributed by atoms with Gasteiger partial charge in [0.05, 0.1) is 5.69 Å². The standard InChI is InChI=1S/C11H12N2/c1-8(12)11-6-9-4-2-3-5-10(9)7-13-11/h2-8H,12H2,1H3/t8-/m0/s1. The monoisotopic (exact) mass is 172 g/mol. The van der Waals surface area contributed by atoms with Gasteiger partial charge in [-0.25, -0.2) is 0 Å². The summed E-state index contributed by atoms with van der Waals surface area (Å²) in [6.45, 7) is 1.94. The van der Waals surface area contributed by atoms with E-state index in [1.54, 1.807) is 0 Å². The zero-order valence-corrected chi connectivity index (χ0v) is 7.57. The van der Waals surface area contributed by atoms with Crippen molar-refractivity contribution in [3.63, 3.8) is 0 Å².